The van der Waals surface area contributed by atoms with Crippen molar-refractivity contribution in [3.63, 3.8) is 0 Å². The van der Waals surface area contributed by atoms with Crippen molar-refractivity contribution >= 4 is 39.1 Å². The van der Waals surface area contributed by atoms with Crippen molar-refractivity contribution < 1.29 is 4.79 Å². The second-order valence-corrected chi connectivity index (χ2v) is 11.7. The SMILES string of the molecule is CC(=O)c1ccc(-c2cncc3[nH]c(-c4n[nH]c5ncc(-c6cncc(CNCC7CCCC7)c6)cc45)cc23)s1. The molecule has 1 fully saturated rings. The standard InChI is InChI=1S/C31H29N7OS/c1-18(39)28-6-7-29(40-28)25-16-34-17-27-23(25)10-26(36-27)30-24-9-22(15-35-31(24)38-37-30)21-8-20(13-33-14-21)12-32-11-19-4-2-3-5-19/h6-10,13-17,19,32,36H,2-5,11-12H2,1H3,(H,35,37,38). The van der Waals surface area contributed by atoms with Crippen LogP contribution in [0.25, 0.3) is 54.9 Å². The number of aromatic amines is 2. The molecule has 0 atom stereocenters. The summed E-state index contributed by atoms with van der Waals surface area (Å²) in [6, 6.07) is 10.3. The smallest absolute Gasteiger partial charge is 0.169 e. The van der Waals surface area contributed by atoms with Gasteiger partial charge in [0.05, 0.1) is 22.3 Å². The third-order valence-corrected chi connectivity index (χ3v) is 9.02. The van der Waals surface area contributed by atoms with E-state index >= 15 is 0 Å². The largest absolute Gasteiger partial charge is 0.352 e. The van der Waals surface area contributed by atoms with Crippen LogP contribution < -0.4 is 5.32 Å². The third kappa shape index (κ3) is 4.71. The number of aromatic nitrogens is 6. The fourth-order valence-corrected chi connectivity index (χ4v) is 6.62. The van der Waals surface area contributed by atoms with Gasteiger partial charge in [-0.05, 0) is 68.1 Å². The van der Waals surface area contributed by atoms with Crippen molar-refractivity contribution in [3.8, 4) is 33.0 Å². The highest BCUT2D eigenvalue weighted by atomic mass is 32.1. The predicted octanol–water partition coefficient (Wildman–Crippen LogP) is 6.77. The number of nitrogens with zero attached hydrogens (tertiary/aromatic N) is 4. The van der Waals surface area contributed by atoms with Crippen molar-refractivity contribution in [1.29, 1.82) is 0 Å². The van der Waals surface area contributed by atoms with E-state index in [-0.39, 0.29) is 5.78 Å². The number of hydrogen-bond donors (Lipinski definition) is 3. The lowest BCUT2D eigenvalue weighted by molar-refractivity contribution is 0.102. The second kappa shape index (κ2) is 10.4. The van der Waals surface area contributed by atoms with Crippen LogP contribution in [0.15, 0.2) is 61.3 Å². The van der Waals surface area contributed by atoms with E-state index in [1.807, 2.05) is 43.1 Å². The number of rotatable bonds is 8. The quantitative estimate of drug-likeness (QED) is 0.181. The average molecular weight is 548 g/mol. The van der Waals surface area contributed by atoms with E-state index in [2.05, 4.69) is 53.6 Å². The fraction of sp³-hybridized carbons (Fsp3) is 0.258. The van der Waals surface area contributed by atoms with Crippen LogP contribution in [0.4, 0.5) is 0 Å². The molecule has 0 saturated heterocycles. The summed E-state index contributed by atoms with van der Waals surface area (Å²) >= 11 is 1.48. The predicted molar refractivity (Wildman–Crippen MR) is 159 cm³/mol. The number of ketones is 1. The van der Waals surface area contributed by atoms with E-state index in [9.17, 15) is 4.79 Å². The number of fused-ring (bicyclic) bond motifs is 2. The Morgan fingerprint density at radius 3 is 2.70 bits per heavy atom. The molecule has 6 aromatic rings. The van der Waals surface area contributed by atoms with E-state index in [4.69, 9.17) is 0 Å². The van der Waals surface area contributed by atoms with Crippen molar-refractivity contribution in [2.45, 2.75) is 39.2 Å². The van der Waals surface area contributed by atoms with Crippen molar-refractivity contribution in [2.75, 3.05) is 6.54 Å². The molecule has 6 heterocycles. The van der Waals surface area contributed by atoms with Gasteiger partial charge in [0.1, 0.15) is 5.69 Å². The van der Waals surface area contributed by atoms with Gasteiger partial charge >= 0.3 is 0 Å². The number of hydrogen-bond acceptors (Lipinski definition) is 7. The number of carbonyl (C=O) groups is 1. The summed E-state index contributed by atoms with van der Waals surface area (Å²) in [7, 11) is 0. The Bertz CT molecular complexity index is 1840. The van der Waals surface area contributed by atoms with Gasteiger partial charge < -0.3 is 10.3 Å². The molecule has 0 unspecified atom stereocenters. The summed E-state index contributed by atoms with van der Waals surface area (Å²) in [5, 5.41) is 13.3. The van der Waals surface area contributed by atoms with Gasteiger partial charge in [0, 0.05) is 63.7 Å². The zero-order valence-corrected chi connectivity index (χ0v) is 23.0. The molecule has 6 aromatic heterocycles. The Labute approximate surface area is 235 Å². The van der Waals surface area contributed by atoms with Gasteiger partial charge in [0.15, 0.2) is 11.4 Å². The van der Waals surface area contributed by atoms with Crippen LogP contribution in [0.2, 0.25) is 0 Å². The molecule has 0 radical (unpaired) electrons. The first kappa shape index (κ1) is 24.8. The zero-order valence-electron chi connectivity index (χ0n) is 22.2. The van der Waals surface area contributed by atoms with E-state index in [1.54, 1.807) is 6.92 Å². The molecule has 0 aromatic carbocycles. The maximum Gasteiger partial charge on any atom is 0.169 e. The topological polar surface area (TPSA) is 112 Å². The average Bonchev–Trinajstić information content (AvgIpc) is 3.78. The van der Waals surface area contributed by atoms with E-state index in [0.717, 1.165) is 78.8 Å². The van der Waals surface area contributed by atoms with Crippen molar-refractivity contribution in [3.05, 3.63) is 71.8 Å². The third-order valence-electron chi connectivity index (χ3n) is 7.80. The first-order valence-corrected chi connectivity index (χ1v) is 14.5. The molecular formula is C31H29N7OS. The van der Waals surface area contributed by atoms with Gasteiger partial charge in [-0.2, -0.15) is 5.10 Å². The Morgan fingerprint density at radius 2 is 1.85 bits per heavy atom. The molecule has 0 spiro atoms. The lowest BCUT2D eigenvalue weighted by Crippen LogP contribution is -2.20. The molecule has 1 aliphatic rings. The van der Waals surface area contributed by atoms with E-state index in [1.165, 1.54) is 42.6 Å². The van der Waals surface area contributed by atoms with Crippen LogP contribution in [0, 0.1) is 5.92 Å². The first-order valence-electron chi connectivity index (χ1n) is 13.7. The molecule has 9 heteroatoms. The van der Waals surface area contributed by atoms with Gasteiger partial charge in [-0.1, -0.05) is 12.8 Å². The maximum atomic E-state index is 11.8. The highest BCUT2D eigenvalue weighted by Gasteiger charge is 2.17. The number of thiophene rings is 1. The van der Waals surface area contributed by atoms with Gasteiger partial charge in [-0.25, -0.2) is 4.98 Å². The van der Waals surface area contributed by atoms with Crippen LogP contribution >= 0.6 is 11.3 Å². The normalized spacial score (nSPS) is 14.0. The first-order chi connectivity index (χ1) is 19.6. The van der Waals surface area contributed by atoms with Crippen LogP contribution in [0.5, 0.6) is 0 Å². The van der Waals surface area contributed by atoms with Gasteiger partial charge in [-0.3, -0.25) is 19.9 Å². The Morgan fingerprint density at radius 1 is 1.00 bits per heavy atom. The maximum absolute atomic E-state index is 11.8. The molecule has 0 aliphatic heterocycles. The molecule has 1 saturated carbocycles. The molecule has 3 N–H and O–H groups in total. The fourth-order valence-electron chi connectivity index (χ4n) is 5.69. The molecule has 200 valence electrons. The summed E-state index contributed by atoms with van der Waals surface area (Å²) < 4.78 is 0. The Balaban J connectivity index is 1.20. The summed E-state index contributed by atoms with van der Waals surface area (Å²) in [5.74, 6) is 0.876. The van der Waals surface area contributed by atoms with Crippen molar-refractivity contribution in [2.24, 2.45) is 5.92 Å². The lowest BCUT2D eigenvalue weighted by Gasteiger charge is -2.11. The molecule has 0 amide bonds. The number of carbonyl (C=O) groups excluding carboxylic acids is 1. The van der Waals surface area contributed by atoms with Crippen LogP contribution in [-0.2, 0) is 6.54 Å². The highest BCUT2D eigenvalue weighted by molar-refractivity contribution is 7.17. The van der Waals surface area contributed by atoms with Crippen LogP contribution in [0.1, 0.15) is 47.8 Å². The minimum Gasteiger partial charge on any atom is -0.352 e. The van der Waals surface area contributed by atoms with Gasteiger partial charge in [0.2, 0.25) is 0 Å². The van der Waals surface area contributed by atoms with Crippen molar-refractivity contribution in [1.82, 2.24) is 35.5 Å². The van der Waals surface area contributed by atoms with E-state index in [0.29, 0.717) is 0 Å². The van der Waals surface area contributed by atoms with E-state index < -0.39 is 0 Å². The molecule has 8 nitrogen and oxygen atoms in total. The lowest BCUT2D eigenvalue weighted by atomic mass is 10.1. The molecular weight excluding hydrogens is 518 g/mol. The molecule has 7 rings (SSSR count). The number of Topliss-reactive ketones (excluding diaryl/α,β-unsaturated/α-hetero) is 1. The highest BCUT2D eigenvalue weighted by Crippen LogP contribution is 2.37. The Kier molecular flexibility index (Phi) is 6.45. The van der Waals surface area contributed by atoms with Crippen LogP contribution in [-0.4, -0.2) is 42.5 Å². The summed E-state index contributed by atoms with van der Waals surface area (Å²) in [6.45, 7) is 3.48. The van der Waals surface area contributed by atoms with Gasteiger partial charge in [-0.15, -0.1) is 11.3 Å². The zero-order chi connectivity index (χ0) is 27.1. The minimum atomic E-state index is 0.0681. The monoisotopic (exact) mass is 547 g/mol. The number of H-pyrrole nitrogens is 2. The molecule has 40 heavy (non-hydrogen) atoms. The molecule has 1 aliphatic carbocycles. The summed E-state index contributed by atoms with van der Waals surface area (Å²) in [4.78, 5) is 30.7. The Hall–Kier alpha value is -4.21. The van der Waals surface area contributed by atoms with Gasteiger partial charge in [0.25, 0.3) is 0 Å². The summed E-state index contributed by atoms with van der Waals surface area (Å²) in [6.07, 6.45) is 14.8. The molecule has 0 bridgehead atoms. The van der Waals surface area contributed by atoms with Crippen LogP contribution in [0.3, 0.4) is 0 Å². The number of nitrogens with one attached hydrogen (secondary N) is 3. The summed E-state index contributed by atoms with van der Waals surface area (Å²) in [5.41, 5.74) is 7.49. The minimum absolute atomic E-state index is 0.0681. The second-order valence-electron chi connectivity index (χ2n) is 10.6. The number of pyridine rings is 3.